The largest absolute Gasteiger partial charge is 0.478 e. The molecule has 0 aliphatic carbocycles. The summed E-state index contributed by atoms with van der Waals surface area (Å²) in [6.07, 6.45) is 4.67. The van der Waals surface area contributed by atoms with Gasteiger partial charge in [-0.05, 0) is 41.0 Å². The van der Waals surface area contributed by atoms with Gasteiger partial charge in [0, 0.05) is 18.3 Å². The molecule has 0 radical (unpaired) electrons. The third kappa shape index (κ3) is 5.07. The Balaban J connectivity index is 1.66. The van der Waals surface area contributed by atoms with Crippen LogP contribution in [0.15, 0.2) is 54.7 Å². The van der Waals surface area contributed by atoms with Crippen LogP contribution in [-0.2, 0) is 19.3 Å². The van der Waals surface area contributed by atoms with E-state index in [2.05, 4.69) is 42.9 Å². The van der Waals surface area contributed by atoms with E-state index in [1.807, 2.05) is 30.5 Å². The van der Waals surface area contributed by atoms with E-state index >= 15 is 0 Å². The monoisotopic (exact) mass is 362 g/mol. The number of aryl methyl sites for hydroxylation is 2. The van der Waals surface area contributed by atoms with Gasteiger partial charge >= 0.3 is 5.97 Å². The maximum atomic E-state index is 11.4. The molecule has 4 nitrogen and oxygen atoms in total. The molecule has 0 atom stereocenters. The van der Waals surface area contributed by atoms with Crippen molar-refractivity contribution in [1.29, 1.82) is 0 Å². The average Bonchev–Trinajstić information content (AvgIpc) is 3.06. The van der Waals surface area contributed by atoms with Gasteiger partial charge in [-0.3, -0.25) is 0 Å². The number of nitrogens with zero attached hydrogens (tertiary/aromatic N) is 1. The Morgan fingerprint density at radius 1 is 1.04 bits per heavy atom. The minimum absolute atomic E-state index is 0.242. The topological polar surface area (TPSA) is 66.0 Å². The van der Waals surface area contributed by atoms with Gasteiger partial charge in [0.2, 0.25) is 0 Å². The van der Waals surface area contributed by atoms with Crippen molar-refractivity contribution < 1.29 is 9.90 Å². The van der Waals surface area contributed by atoms with Crippen molar-refractivity contribution in [2.45, 2.75) is 40.0 Å². The van der Waals surface area contributed by atoms with Gasteiger partial charge in [-0.15, -0.1) is 0 Å². The van der Waals surface area contributed by atoms with Crippen molar-refractivity contribution in [2.24, 2.45) is 5.41 Å². The first kappa shape index (κ1) is 18.9. The van der Waals surface area contributed by atoms with Crippen LogP contribution in [0.1, 0.15) is 48.2 Å². The minimum Gasteiger partial charge on any atom is -0.478 e. The summed E-state index contributed by atoms with van der Waals surface area (Å²) >= 11 is 0. The normalized spacial score (nSPS) is 11.5. The Bertz CT molecular complexity index is 918. The molecule has 4 heteroatoms. The van der Waals surface area contributed by atoms with Crippen LogP contribution in [0.4, 0.5) is 0 Å². The van der Waals surface area contributed by atoms with Gasteiger partial charge in [0.1, 0.15) is 5.82 Å². The second-order valence-corrected chi connectivity index (χ2v) is 8.14. The van der Waals surface area contributed by atoms with Crippen molar-refractivity contribution in [2.75, 3.05) is 0 Å². The zero-order chi connectivity index (χ0) is 19.4. The first-order chi connectivity index (χ1) is 12.8. The summed E-state index contributed by atoms with van der Waals surface area (Å²) in [4.78, 5) is 19.3. The number of rotatable bonds is 6. The Morgan fingerprint density at radius 2 is 1.74 bits per heavy atom. The zero-order valence-electron chi connectivity index (χ0n) is 16.1. The molecule has 0 saturated carbocycles. The number of aromatic carboxylic acids is 1. The molecule has 0 amide bonds. The van der Waals surface area contributed by atoms with E-state index in [0.29, 0.717) is 5.56 Å². The van der Waals surface area contributed by atoms with Crippen LogP contribution in [0.3, 0.4) is 0 Å². The SMILES string of the molecule is CC(C)(C)Cc1cnc(CCc2ccc(-c3ccccc3C(=O)O)cc2)[nH]1. The maximum absolute atomic E-state index is 11.4. The predicted octanol–water partition coefficient (Wildman–Crippen LogP) is 5.15. The first-order valence-electron chi connectivity index (χ1n) is 9.26. The molecular formula is C23H26N2O2. The van der Waals surface area contributed by atoms with E-state index in [4.69, 9.17) is 0 Å². The Labute approximate surface area is 160 Å². The fourth-order valence-corrected chi connectivity index (χ4v) is 3.23. The number of aromatic amines is 1. The van der Waals surface area contributed by atoms with Crippen LogP contribution < -0.4 is 0 Å². The van der Waals surface area contributed by atoms with Crippen LogP contribution in [0.2, 0.25) is 0 Å². The van der Waals surface area contributed by atoms with Crippen LogP contribution in [0.25, 0.3) is 11.1 Å². The number of hydrogen-bond acceptors (Lipinski definition) is 2. The lowest BCUT2D eigenvalue weighted by Gasteiger charge is -2.16. The van der Waals surface area contributed by atoms with Crippen molar-refractivity contribution in [3.05, 3.63) is 77.4 Å². The summed E-state index contributed by atoms with van der Waals surface area (Å²) in [5, 5.41) is 9.35. The summed E-state index contributed by atoms with van der Waals surface area (Å²) in [5.41, 5.74) is 4.62. The number of hydrogen-bond donors (Lipinski definition) is 2. The molecule has 27 heavy (non-hydrogen) atoms. The predicted molar refractivity (Wildman–Crippen MR) is 108 cm³/mol. The molecule has 0 saturated heterocycles. The van der Waals surface area contributed by atoms with Crippen LogP contribution in [0.5, 0.6) is 0 Å². The van der Waals surface area contributed by atoms with Crippen molar-refractivity contribution in [3.8, 4) is 11.1 Å². The number of carboxylic acid groups (broad SMARTS) is 1. The number of aromatic nitrogens is 2. The molecule has 0 bridgehead atoms. The molecule has 0 unspecified atom stereocenters. The first-order valence-corrected chi connectivity index (χ1v) is 9.26. The summed E-state index contributed by atoms with van der Waals surface area (Å²) in [6, 6.07) is 15.2. The highest BCUT2D eigenvalue weighted by Gasteiger charge is 2.13. The number of imidazole rings is 1. The van der Waals surface area contributed by atoms with E-state index in [0.717, 1.165) is 36.2 Å². The molecule has 3 rings (SSSR count). The average molecular weight is 362 g/mol. The van der Waals surface area contributed by atoms with Crippen LogP contribution in [0, 0.1) is 5.41 Å². The fourth-order valence-electron chi connectivity index (χ4n) is 3.23. The highest BCUT2D eigenvalue weighted by Crippen LogP contribution is 2.24. The number of H-pyrrole nitrogens is 1. The summed E-state index contributed by atoms with van der Waals surface area (Å²) in [6.45, 7) is 6.66. The Kier molecular flexibility index (Phi) is 5.45. The lowest BCUT2D eigenvalue weighted by molar-refractivity contribution is 0.0697. The van der Waals surface area contributed by atoms with E-state index in [1.165, 1.54) is 11.3 Å². The highest BCUT2D eigenvalue weighted by molar-refractivity contribution is 5.95. The van der Waals surface area contributed by atoms with Gasteiger partial charge in [0.15, 0.2) is 0 Å². The Hall–Kier alpha value is -2.88. The number of carbonyl (C=O) groups is 1. The van der Waals surface area contributed by atoms with E-state index in [9.17, 15) is 9.90 Å². The van der Waals surface area contributed by atoms with E-state index in [1.54, 1.807) is 12.1 Å². The molecule has 0 fully saturated rings. The zero-order valence-corrected chi connectivity index (χ0v) is 16.1. The van der Waals surface area contributed by atoms with Gasteiger partial charge in [0.05, 0.1) is 5.56 Å². The van der Waals surface area contributed by atoms with Gasteiger partial charge < -0.3 is 10.1 Å². The van der Waals surface area contributed by atoms with Crippen molar-refractivity contribution >= 4 is 5.97 Å². The fraction of sp³-hybridized carbons (Fsp3) is 0.304. The summed E-state index contributed by atoms with van der Waals surface area (Å²) < 4.78 is 0. The van der Waals surface area contributed by atoms with Crippen molar-refractivity contribution in [3.63, 3.8) is 0 Å². The van der Waals surface area contributed by atoms with Gasteiger partial charge in [-0.25, -0.2) is 9.78 Å². The van der Waals surface area contributed by atoms with Gasteiger partial charge in [-0.2, -0.15) is 0 Å². The lowest BCUT2D eigenvalue weighted by atomic mass is 9.91. The second-order valence-electron chi connectivity index (χ2n) is 8.14. The minimum atomic E-state index is -0.904. The second kappa shape index (κ2) is 7.78. The van der Waals surface area contributed by atoms with E-state index < -0.39 is 5.97 Å². The Morgan fingerprint density at radius 3 is 2.41 bits per heavy atom. The molecular weight excluding hydrogens is 336 g/mol. The van der Waals surface area contributed by atoms with Gasteiger partial charge in [0.25, 0.3) is 0 Å². The molecule has 2 aromatic carbocycles. The molecule has 0 aliphatic rings. The standard InChI is InChI=1S/C23H26N2O2/c1-23(2,3)14-18-15-24-21(25-18)13-10-16-8-11-17(12-9-16)19-6-4-5-7-20(19)22(26)27/h4-9,11-12,15H,10,13-14H2,1-3H3,(H,24,25)(H,26,27). The molecule has 140 valence electrons. The highest BCUT2D eigenvalue weighted by atomic mass is 16.4. The quantitative estimate of drug-likeness (QED) is 0.637. The molecule has 1 aromatic heterocycles. The maximum Gasteiger partial charge on any atom is 0.336 e. The number of carboxylic acids is 1. The number of nitrogens with one attached hydrogen (secondary N) is 1. The molecule has 3 aromatic rings. The van der Waals surface area contributed by atoms with Crippen LogP contribution in [-0.4, -0.2) is 21.0 Å². The smallest absolute Gasteiger partial charge is 0.336 e. The van der Waals surface area contributed by atoms with Crippen molar-refractivity contribution in [1.82, 2.24) is 9.97 Å². The molecule has 2 N–H and O–H groups in total. The van der Waals surface area contributed by atoms with E-state index in [-0.39, 0.29) is 5.41 Å². The third-order valence-corrected chi connectivity index (χ3v) is 4.47. The lowest BCUT2D eigenvalue weighted by Crippen LogP contribution is -2.09. The summed E-state index contributed by atoms with van der Waals surface area (Å²) in [7, 11) is 0. The number of benzene rings is 2. The molecule has 0 spiro atoms. The molecule has 0 aliphatic heterocycles. The van der Waals surface area contributed by atoms with Crippen LogP contribution >= 0.6 is 0 Å². The third-order valence-electron chi connectivity index (χ3n) is 4.47. The molecule has 1 heterocycles. The van der Waals surface area contributed by atoms with Gasteiger partial charge in [-0.1, -0.05) is 63.2 Å². The summed E-state index contributed by atoms with van der Waals surface area (Å²) in [5.74, 6) is 0.105.